The van der Waals surface area contributed by atoms with Gasteiger partial charge < -0.3 is 13.9 Å². The summed E-state index contributed by atoms with van der Waals surface area (Å²) in [5.41, 5.74) is 7.15. The predicted molar refractivity (Wildman–Crippen MR) is 184 cm³/mol. The second-order valence-corrected chi connectivity index (χ2v) is 16.8. The van der Waals surface area contributed by atoms with Gasteiger partial charge in [0.15, 0.2) is 0 Å². The topological polar surface area (TPSA) is 38.7 Å². The first-order valence-corrected chi connectivity index (χ1v) is 17.5. The molecule has 0 aliphatic heterocycles. The molecule has 0 atom stereocenters. The largest absolute Gasteiger partial charge is 0.460 e. The Balaban J connectivity index is 2.55. The van der Waals surface area contributed by atoms with Crippen molar-refractivity contribution in [2.75, 3.05) is 0 Å². The van der Waals surface area contributed by atoms with Crippen molar-refractivity contribution in [1.82, 2.24) is 0 Å². The van der Waals surface area contributed by atoms with E-state index in [1.807, 2.05) is 0 Å². The van der Waals surface area contributed by atoms with E-state index in [1.165, 1.54) is 60.8 Å². The summed E-state index contributed by atoms with van der Waals surface area (Å²) in [5, 5.41) is 0. The van der Waals surface area contributed by atoms with Crippen LogP contribution in [0.1, 0.15) is 168 Å². The zero-order chi connectivity index (χ0) is 32.1. The van der Waals surface area contributed by atoms with Gasteiger partial charge in [-0.05, 0) is 82.7 Å². The molecule has 0 fully saturated rings. The molecule has 42 heavy (non-hydrogen) atoms. The van der Waals surface area contributed by atoms with Crippen LogP contribution in [-0.4, -0.2) is 4.89 Å². The quantitative estimate of drug-likeness (QED) is 0.174. The van der Waals surface area contributed by atoms with Crippen LogP contribution in [0.2, 0.25) is 0 Å². The highest BCUT2D eigenvalue weighted by atomic mass is 31.2. The molecule has 0 spiro atoms. The smallest absolute Gasteiger partial charge is 0.418 e. The van der Waals surface area contributed by atoms with Gasteiger partial charge in [0.1, 0.15) is 11.5 Å². The van der Waals surface area contributed by atoms with Crippen LogP contribution in [0.25, 0.3) is 0 Å². The lowest BCUT2D eigenvalue weighted by molar-refractivity contribution is 0.361. The van der Waals surface area contributed by atoms with Crippen LogP contribution < -0.4 is 9.05 Å². The number of hydrogen-bond donors (Lipinski definition) is 1. The van der Waals surface area contributed by atoms with Gasteiger partial charge in [0.05, 0.1) is 0 Å². The van der Waals surface area contributed by atoms with Crippen LogP contribution >= 0.6 is 8.60 Å². The average Bonchev–Trinajstić information content (AvgIpc) is 2.82. The molecule has 2 aromatic rings. The number of benzene rings is 2. The fourth-order valence-electron chi connectivity index (χ4n) is 6.28. The molecule has 0 aliphatic carbocycles. The fourth-order valence-corrected chi connectivity index (χ4v) is 6.95. The summed E-state index contributed by atoms with van der Waals surface area (Å²) in [4.78, 5) is 11.4. The molecule has 0 saturated heterocycles. The third-order valence-electron chi connectivity index (χ3n) is 8.89. The molecule has 1 N–H and O–H groups in total. The van der Waals surface area contributed by atoms with Crippen LogP contribution in [0.15, 0.2) is 24.3 Å². The van der Waals surface area contributed by atoms with E-state index in [0.29, 0.717) is 0 Å². The van der Waals surface area contributed by atoms with E-state index in [-0.39, 0.29) is 21.7 Å². The summed E-state index contributed by atoms with van der Waals surface area (Å²) in [6.45, 7) is 31.6. The Labute approximate surface area is 261 Å². The Hall–Kier alpha value is -1.57. The Kier molecular flexibility index (Phi) is 12.6. The van der Waals surface area contributed by atoms with Crippen molar-refractivity contribution in [2.45, 2.75) is 170 Å². The van der Waals surface area contributed by atoms with Crippen LogP contribution in [0.5, 0.6) is 11.5 Å². The highest BCUT2D eigenvalue weighted by Gasteiger charge is 2.32. The number of rotatable bonds is 14. The van der Waals surface area contributed by atoms with E-state index in [9.17, 15) is 4.89 Å². The summed E-state index contributed by atoms with van der Waals surface area (Å²) in [6, 6.07) is 8.89. The monoisotopic (exact) mass is 598 g/mol. The lowest BCUT2D eigenvalue weighted by atomic mass is 9.75. The van der Waals surface area contributed by atoms with Crippen molar-refractivity contribution in [3.8, 4) is 11.5 Å². The van der Waals surface area contributed by atoms with Gasteiger partial charge in [0.2, 0.25) is 0 Å². The van der Waals surface area contributed by atoms with Gasteiger partial charge in [-0.25, -0.2) is 0 Å². The summed E-state index contributed by atoms with van der Waals surface area (Å²) in [7, 11) is -2.19. The normalized spacial score (nSPS) is 13.1. The van der Waals surface area contributed by atoms with Crippen molar-refractivity contribution in [3.63, 3.8) is 0 Å². The lowest BCUT2D eigenvalue weighted by Crippen LogP contribution is -2.22. The molecule has 0 aromatic heterocycles. The van der Waals surface area contributed by atoms with Crippen LogP contribution in [0, 0.1) is 13.8 Å². The minimum atomic E-state index is -2.19. The zero-order valence-electron chi connectivity index (χ0n) is 29.7. The Morgan fingerprint density at radius 3 is 1.17 bits per heavy atom. The summed E-state index contributed by atoms with van der Waals surface area (Å²) >= 11 is 0. The van der Waals surface area contributed by atoms with Gasteiger partial charge in [0, 0.05) is 11.1 Å². The molecule has 0 heterocycles. The maximum atomic E-state index is 11.4. The fraction of sp³-hybridized carbons (Fsp3) is 0.684. The van der Waals surface area contributed by atoms with Gasteiger partial charge in [0.25, 0.3) is 0 Å². The minimum absolute atomic E-state index is 0.0158. The molecule has 2 aromatic carbocycles. The second kappa shape index (κ2) is 14.5. The van der Waals surface area contributed by atoms with Gasteiger partial charge >= 0.3 is 8.60 Å². The molecular weight excluding hydrogens is 535 g/mol. The predicted octanol–water partition coefficient (Wildman–Crippen LogP) is 12.3. The van der Waals surface area contributed by atoms with Crippen molar-refractivity contribution in [2.24, 2.45) is 0 Å². The lowest BCUT2D eigenvalue weighted by Gasteiger charge is -2.33. The maximum absolute atomic E-state index is 11.4. The molecule has 0 bridgehead atoms. The summed E-state index contributed by atoms with van der Waals surface area (Å²) in [6.07, 6.45) is 9.29. The van der Waals surface area contributed by atoms with Crippen LogP contribution in [-0.2, 0) is 21.7 Å². The molecule has 3 nitrogen and oxygen atoms in total. The highest BCUT2D eigenvalue weighted by Crippen LogP contribution is 2.48. The van der Waals surface area contributed by atoms with Crippen molar-refractivity contribution >= 4 is 8.60 Å². The van der Waals surface area contributed by atoms with Gasteiger partial charge in [-0.2, -0.15) is 0 Å². The zero-order valence-corrected chi connectivity index (χ0v) is 30.6. The van der Waals surface area contributed by atoms with E-state index in [4.69, 9.17) is 9.05 Å². The standard InChI is InChI=1S/C38H63O3P/c1-15-17-19-21-37(11,12)31-25-29(35(5,6)7)27(3)23-33(31)40-42(39)41-34-24-28(4)30(36(8,9)10)26-32(34)38(13,14)22-20-18-16-2/h23-26,39H,15-22H2,1-14H3. The molecule has 0 amide bonds. The van der Waals surface area contributed by atoms with Gasteiger partial charge in [-0.1, -0.05) is 134 Å². The average molecular weight is 599 g/mol. The first-order chi connectivity index (χ1) is 19.2. The third-order valence-corrected chi connectivity index (χ3v) is 9.60. The van der Waals surface area contributed by atoms with E-state index in [2.05, 4.69) is 121 Å². The summed E-state index contributed by atoms with van der Waals surface area (Å²) < 4.78 is 12.8. The molecule has 2 rings (SSSR count). The SMILES string of the molecule is CCCCCC(C)(C)c1cc(C(C)(C)C)c(C)cc1OP(O)Oc1cc(C)c(C(C)(C)C)cc1C(C)(C)CCCCC. The summed E-state index contributed by atoms with van der Waals surface area (Å²) in [5.74, 6) is 1.48. The van der Waals surface area contributed by atoms with Crippen molar-refractivity contribution in [1.29, 1.82) is 0 Å². The molecule has 0 saturated carbocycles. The molecule has 4 heteroatoms. The van der Waals surface area contributed by atoms with Crippen molar-refractivity contribution in [3.05, 3.63) is 57.6 Å². The van der Waals surface area contributed by atoms with Crippen LogP contribution in [0.4, 0.5) is 0 Å². The van der Waals surface area contributed by atoms with Gasteiger partial charge in [-0.15, -0.1) is 0 Å². The Morgan fingerprint density at radius 2 is 0.881 bits per heavy atom. The first kappa shape index (κ1) is 36.6. The Morgan fingerprint density at radius 1 is 0.548 bits per heavy atom. The molecular formula is C38H63O3P. The van der Waals surface area contributed by atoms with E-state index >= 15 is 0 Å². The van der Waals surface area contributed by atoms with E-state index in [0.717, 1.165) is 35.5 Å². The molecule has 238 valence electrons. The first-order valence-electron chi connectivity index (χ1n) is 16.4. The molecule has 0 radical (unpaired) electrons. The number of aryl methyl sites for hydroxylation is 2. The number of hydrogen-bond acceptors (Lipinski definition) is 3. The molecule has 0 aliphatic rings. The van der Waals surface area contributed by atoms with E-state index in [1.54, 1.807) is 0 Å². The van der Waals surface area contributed by atoms with E-state index < -0.39 is 8.60 Å². The third kappa shape index (κ3) is 9.72. The Bertz CT molecular complexity index is 1070. The minimum Gasteiger partial charge on any atom is -0.418 e. The second-order valence-electron chi connectivity index (χ2n) is 15.9. The van der Waals surface area contributed by atoms with Crippen LogP contribution in [0.3, 0.4) is 0 Å². The number of unbranched alkanes of at least 4 members (excludes halogenated alkanes) is 4. The molecule has 0 unspecified atom stereocenters. The highest BCUT2D eigenvalue weighted by molar-refractivity contribution is 7.41. The van der Waals surface area contributed by atoms with Crippen molar-refractivity contribution < 1.29 is 13.9 Å². The van der Waals surface area contributed by atoms with Gasteiger partial charge in [-0.3, -0.25) is 0 Å². The maximum Gasteiger partial charge on any atom is 0.460 e.